The van der Waals surface area contributed by atoms with E-state index >= 15 is 0 Å². The van der Waals surface area contributed by atoms with Crippen LogP contribution in [0.3, 0.4) is 0 Å². The van der Waals surface area contributed by atoms with Crippen molar-refractivity contribution < 1.29 is 23.4 Å². The lowest BCUT2D eigenvalue weighted by molar-refractivity contribution is -0.137. The van der Waals surface area contributed by atoms with Crippen molar-refractivity contribution in [3.8, 4) is 17.0 Å². The zero-order valence-corrected chi connectivity index (χ0v) is 16.2. The Kier molecular flexibility index (Phi) is 5.51. The molecule has 30 heavy (non-hydrogen) atoms. The second kappa shape index (κ2) is 8.10. The molecule has 0 amide bonds. The molecule has 0 unspecified atom stereocenters. The molecule has 3 N–H and O–H groups in total. The monoisotopic (exact) mass is 417 g/mol. The van der Waals surface area contributed by atoms with E-state index in [1.165, 1.54) is 6.07 Å². The SMILES string of the molecule is Oc1cc(C(F)(F)F)ccc1-c1nnc(N[C@H]2CCCCC[C@H]2O)c2ccccc12. The first-order valence-electron chi connectivity index (χ1n) is 9.95. The van der Waals surface area contributed by atoms with Crippen molar-refractivity contribution in [1.82, 2.24) is 10.2 Å². The quantitative estimate of drug-likeness (QED) is 0.515. The molecule has 1 aliphatic carbocycles. The average molecular weight is 417 g/mol. The molecule has 1 fully saturated rings. The van der Waals surface area contributed by atoms with E-state index < -0.39 is 23.6 Å². The van der Waals surface area contributed by atoms with Gasteiger partial charge in [-0.3, -0.25) is 0 Å². The Morgan fingerprint density at radius 1 is 0.933 bits per heavy atom. The van der Waals surface area contributed by atoms with Gasteiger partial charge < -0.3 is 15.5 Å². The molecule has 8 heteroatoms. The molecule has 4 rings (SSSR count). The average Bonchev–Trinajstić information content (AvgIpc) is 2.92. The minimum absolute atomic E-state index is 0.143. The third-order valence-electron chi connectivity index (χ3n) is 5.57. The van der Waals surface area contributed by atoms with E-state index in [1.807, 2.05) is 12.1 Å². The van der Waals surface area contributed by atoms with Crippen molar-refractivity contribution in [2.24, 2.45) is 0 Å². The van der Waals surface area contributed by atoms with E-state index in [0.29, 0.717) is 23.0 Å². The summed E-state index contributed by atoms with van der Waals surface area (Å²) in [6, 6.07) is 9.91. The minimum Gasteiger partial charge on any atom is -0.507 e. The number of fused-ring (bicyclic) bond motifs is 1. The van der Waals surface area contributed by atoms with Crippen LogP contribution in [0, 0.1) is 0 Å². The summed E-state index contributed by atoms with van der Waals surface area (Å²) in [4.78, 5) is 0. The number of halogens is 3. The molecule has 1 aliphatic rings. The second-order valence-corrected chi connectivity index (χ2v) is 7.63. The van der Waals surface area contributed by atoms with Crippen LogP contribution in [0.2, 0.25) is 0 Å². The Balaban J connectivity index is 1.74. The number of anilines is 1. The van der Waals surface area contributed by atoms with Crippen LogP contribution < -0.4 is 5.32 Å². The Morgan fingerprint density at radius 3 is 2.40 bits per heavy atom. The number of aliphatic hydroxyl groups excluding tert-OH is 1. The molecule has 158 valence electrons. The van der Waals surface area contributed by atoms with Crippen LogP contribution in [0.5, 0.6) is 5.75 Å². The topological polar surface area (TPSA) is 78.3 Å². The molecular formula is C22H22F3N3O2. The first-order chi connectivity index (χ1) is 14.3. The maximum Gasteiger partial charge on any atom is 0.416 e. The first kappa shape index (κ1) is 20.4. The van der Waals surface area contributed by atoms with E-state index in [4.69, 9.17) is 0 Å². The largest absolute Gasteiger partial charge is 0.507 e. The summed E-state index contributed by atoms with van der Waals surface area (Å²) in [5.74, 6) is -0.00382. The third-order valence-corrected chi connectivity index (χ3v) is 5.57. The molecule has 0 spiro atoms. The van der Waals surface area contributed by atoms with Gasteiger partial charge in [-0.05, 0) is 31.0 Å². The lowest BCUT2D eigenvalue weighted by Gasteiger charge is -2.23. The van der Waals surface area contributed by atoms with Gasteiger partial charge >= 0.3 is 6.18 Å². The predicted octanol–water partition coefficient (Wildman–Crippen LogP) is 5.13. The number of hydrogen-bond acceptors (Lipinski definition) is 5. The molecule has 1 aromatic heterocycles. The van der Waals surface area contributed by atoms with Gasteiger partial charge in [-0.2, -0.15) is 13.2 Å². The maximum atomic E-state index is 12.9. The summed E-state index contributed by atoms with van der Waals surface area (Å²) in [5, 5.41) is 33.8. The Hall–Kier alpha value is -2.87. The molecule has 0 radical (unpaired) electrons. The number of phenolic OH excluding ortho intramolecular Hbond substituents is 1. The van der Waals surface area contributed by atoms with Gasteiger partial charge in [0.05, 0.1) is 17.7 Å². The molecule has 2 atom stereocenters. The minimum atomic E-state index is -4.54. The predicted molar refractivity (Wildman–Crippen MR) is 108 cm³/mol. The highest BCUT2D eigenvalue weighted by atomic mass is 19.4. The molecule has 5 nitrogen and oxygen atoms in total. The summed E-state index contributed by atoms with van der Waals surface area (Å²) in [6.07, 6.45) is -0.411. The molecule has 2 aromatic carbocycles. The third kappa shape index (κ3) is 4.05. The molecule has 1 saturated carbocycles. The number of nitrogens with zero attached hydrogens (tertiary/aromatic N) is 2. The fourth-order valence-corrected chi connectivity index (χ4v) is 3.95. The molecule has 0 bridgehead atoms. The fraction of sp³-hybridized carbons (Fsp3) is 0.364. The van der Waals surface area contributed by atoms with Crippen LogP contribution in [0.1, 0.15) is 37.7 Å². The van der Waals surface area contributed by atoms with Crippen molar-refractivity contribution in [2.75, 3.05) is 5.32 Å². The van der Waals surface area contributed by atoms with E-state index in [-0.39, 0.29) is 11.6 Å². The van der Waals surface area contributed by atoms with Crippen LogP contribution in [0.15, 0.2) is 42.5 Å². The zero-order chi connectivity index (χ0) is 21.3. The maximum absolute atomic E-state index is 12.9. The van der Waals surface area contributed by atoms with Crippen LogP contribution in [-0.2, 0) is 6.18 Å². The number of rotatable bonds is 3. The number of nitrogens with one attached hydrogen (secondary N) is 1. The highest BCUT2D eigenvalue weighted by Gasteiger charge is 2.31. The Bertz CT molecular complexity index is 1060. The van der Waals surface area contributed by atoms with Crippen LogP contribution in [0.4, 0.5) is 19.0 Å². The molecule has 3 aromatic rings. The van der Waals surface area contributed by atoms with Crippen molar-refractivity contribution in [1.29, 1.82) is 0 Å². The molecular weight excluding hydrogens is 395 g/mol. The number of aromatic hydroxyl groups is 1. The van der Waals surface area contributed by atoms with Gasteiger partial charge in [0.25, 0.3) is 0 Å². The fourth-order valence-electron chi connectivity index (χ4n) is 3.95. The molecule has 0 saturated heterocycles. The van der Waals surface area contributed by atoms with Crippen LogP contribution in [-0.4, -0.2) is 32.6 Å². The van der Waals surface area contributed by atoms with Crippen molar-refractivity contribution in [2.45, 2.75) is 50.4 Å². The first-order valence-corrected chi connectivity index (χ1v) is 9.95. The number of hydrogen-bond donors (Lipinski definition) is 3. The van der Waals surface area contributed by atoms with Gasteiger partial charge in [-0.15, -0.1) is 10.2 Å². The van der Waals surface area contributed by atoms with Crippen LogP contribution >= 0.6 is 0 Å². The highest BCUT2D eigenvalue weighted by Crippen LogP contribution is 2.39. The number of aromatic nitrogens is 2. The normalized spacial score (nSPS) is 20.1. The van der Waals surface area contributed by atoms with Gasteiger partial charge in [0.15, 0.2) is 5.82 Å². The van der Waals surface area contributed by atoms with Crippen molar-refractivity contribution in [3.63, 3.8) is 0 Å². The van der Waals surface area contributed by atoms with Gasteiger partial charge in [-0.1, -0.05) is 43.5 Å². The van der Waals surface area contributed by atoms with E-state index in [1.54, 1.807) is 12.1 Å². The van der Waals surface area contributed by atoms with E-state index in [0.717, 1.165) is 43.6 Å². The Morgan fingerprint density at radius 2 is 1.67 bits per heavy atom. The highest BCUT2D eigenvalue weighted by molar-refractivity contribution is 6.00. The number of alkyl halides is 3. The van der Waals surface area contributed by atoms with E-state index in [2.05, 4.69) is 15.5 Å². The number of aliphatic hydroxyl groups is 1. The summed E-state index contributed by atoms with van der Waals surface area (Å²) < 4.78 is 38.8. The van der Waals surface area contributed by atoms with Crippen molar-refractivity contribution in [3.05, 3.63) is 48.0 Å². The molecule has 1 heterocycles. The Labute approximate surface area is 171 Å². The lowest BCUT2D eigenvalue weighted by atomic mass is 10.0. The zero-order valence-electron chi connectivity index (χ0n) is 16.2. The smallest absolute Gasteiger partial charge is 0.416 e. The van der Waals surface area contributed by atoms with Gasteiger partial charge in [0.2, 0.25) is 0 Å². The number of phenols is 1. The second-order valence-electron chi connectivity index (χ2n) is 7.63. The summed E-state index contributed by atoms with van der Waals surface area (Å²) >= 11 is 0. The summed E-state index contributed by atoms with van der Waals surface area (Å²) in [7, 11) is 0. The standard InChI is InChI=1S/C22H22F3N3O2/c23-22(24,25)13-10-11-16(19(30)12-13)20-14-6-4-5-7-15(14)21(28-27-20)26-17-8-2-1-3-9-18(17)29/h4-7,10-12,17-18,29-30H,1-3,8-9H2,(H,26,28)/t17-,18+/m0/s1. The van der Waals surface area contributed by atoms with Crippen LogP contribution in [0.25, 0.3) is 22.0 Å². The van der Waals surface area contributed by atoms with Gasteiger partial charge in [-0.25, -0.2) is 0 Å². The molecule has 0 aliphatic heterocycles. The lowest BCUT2D eigenvalue weighted by Crippen LogP contribution is -2.33. The van der Waals surface area contributed by atoms with Crippen molar-refractivity contribution >= 4 is 16.6 Å². The summed E-state index contributed by atoms with van der Waals surface area (Å²) in [6.45, 7) is 0. The number of benzene rings is 2. The summed E-state index contributed by atoms with van der Waals surface area (Å²) in [5.41, 5.74) is -0.460. The van der Waals surface area contributed by atoms with E-state index in [9.17, 15) is 23.4 Å². The van der Waals surface area contributed by atoms with Gasteiger partial charge in [0, 0.05) is 16.3 Å². The van der Waals surface area contributed by atoms with Gasteiger partial charge in [0.1, 0.15) is 11.4 Å².